The number of thioether (sulfide) groups is 1. The number of hydrogen-bond donors (Lipinski definition) is 2. The van der Waals surface area contributed by atoms with Crippen LogP contribution in [0.3, 0.4) is 0 Å². The Balaban J connectivity index is 1.93. The SMILES string of the molecule is CCN(CC(=O)NC(C)(C)C)C(=O)c1ccccc1SCC(=O)NCC1CCCCC1. The Hall–Kier alpha value is -2.02. The van der Waals surface area contributed by atoms with Gasteiger partial charge in [-0.15, -0.1) is 11.8 Å². The van der Waals surface area contributed by atoms with E-state index in [0.717, 1.165) is 11.4 Å². The van der Waals surface area contributed by atoms with E-state index in [1.165, 1.54) is 48.8 Å². The quantitative estimate of drug-likeness (QED) is 0.564. The predicted molar refractivity (Wildman–Crippen MR) is 126 cm³/mol. The number of carbonyl (C=O) groups excluding carboxylic acids is 3. The maximum Gasteiger partial charge on any atom is 0.255 e. The Morgan fingerprint density at radius 2 is 1.74 bits per heavy atom. The minimum atomic E-state index is -0.349. The van der Waals surface area contributed by atoms with Gasteiger partial charge in [0.2, 0.25) is 11.8 Å². The van der Waals surface area contributed by atoms with E-state index in [9.17, 15) is 14.4 Å². The summed E-state index contributed by atoms with van der Waals surface area (Å²) in [4.78, 5) is 40.0. The summed E-state index contributed by atoms with van der Waals surface area (Å²) in [5.74, 6) is 0.476. The van der Waals surface area contributed by atoms with Crippen molar-refractivity contribution in [2.45, 2.75) is 70.2 Å². The number of amides is 3. The molecule has 31 heavy (non-hydrogen) atoms. The lowest BCUT2D eigenvalue weighted by Gasteiger charge is -2.25. The number of nitrogens with one attached hydrogen (secondary N) is 2. The third kappa shape index (κ3) is 8.93. The van der Waals surface area contributed by atoms with Gasteiger partial charge in [-0.3, -0.25) is 14.4 Å². The largest absolute Gasteiger partial charge is 0.355 e. The van der Waals surface area contributed by atoms with Crippen molar-refractivity contribution in [1.29, 1.82) is 0 Å². The molecule has 6 nitrogen and oxygen atoms in total. The van der Waals surface area contributed by atoms with Crippen LogP contribution in [0.15, 0.2) is 29.2 Å². The average Bonchev–Trinajstić information content (AvgIpc) is 2.73. The lowest BCUT2D eigenvalue weighted by molar-refractivity contribution is -0.123. The Bertz CT molecular complexity index is 755. The number of hydrogen-bond acceptors (Lipinski definition) is 4. The van der Waals surface area contributed by atoms with Gasteiger partial charge in [0.1, 0.15) is 0 Å². The van der Waals surface area contributed by atoms with E-state index in [1.807, 2.05) is 45.9 Å². The Labute approximate surface area is 190 Å². The van der Waals surface area contributed by atoms with Crippen LogP contribution >= 0.6 is 11.8 Å². The van der Waals surface area contributed by atoms with Crippen molar-refractivity contribution in [3.8, 4) is 0 Å². The molecule has 0 aliphatic heterocycles. The summed E-state index contributed by atoms with van der Waals surface area (Å²) >= 11 is 1.37. The van der Waals surface area contributed by atoms with Gasteiger partial charge in [-0.05, 0) is 58.6 Å². The molecule has 1 saturated carbocycles. The highest BCUT2D eigenvalue weighted by molar-refractivity contribution is 8.00. The minimum Gasteiger partial charge on any atom is -0.355 e. The van der Waals surface area contributed by atoms with E-state index >= 15 is 0 Å². The van der Waals surface area contributed by atoms with E-state index in [4.69, 9.17) is 0 Å². The summed E-state index contributed by atoms with van der Waals surface area (Å²) in [7, 11) is 0. The maximum atomic E-state index is 13.1. The third-order valence-corrected chi connectivity index (χ3v) is 6.38. The molecule has 0 unspecified atom stereocenters. The molecule has 2 rings (SSSR count). The molecule has 0 aromatic heterocycles. The molecule has 1 aliphatic carbocycles. The molecule has 0 saturated heterocycles. The maximum absolute atomic E-state index is 13.1. The van der Waals surface area contributed by atoms with Crippen LogP contribution < -0.4 is 10.6 Å². The standard InChI is InChI=1S/C24H37N3O3S/c1-5-27(16-21(28)26-24(2,3)4)23(30)19-13-9-10-14-20(19)31-17-22(29)25-15-18-11-7-6-8-12-18/h9-10,13-14,18H,5-8,11-12,15-17H2,1-4H3,(H,25,29)(H,26,28). The smallest absolute Gasteiger partial charge is 0.255 e. The summed E-state index contributed by atoms with van der Waals surface area (Å²) in [6, 6.07) is 7.29. The minimum absolute atomic E-state index is 0.00488. The van der Waals surface area contributed by atoms with Crippen molar-refractivity contribution in [2.75, 3.05) is 25.4 Å². The molecular weight excluding hydrogens is 410 g/mol. The molecule has 1 aromatic carbocycles. The summed E-state index contributed by atoms with van der Waals surface area (Å²) in [5, 5.41) is 5.94. The summed E-state index contributed by atoms with van der Waals surface area (Å²) in [6.45, 7) is 8.77. The van der Waals surface area contributed by atoms with Crippen molar-refractivity contribution in [3.63, 3.8) is 0 Å². The van der Waals surface area contributed by atoms with Gasteiger partial charge < -0.3 is 15.5 Å². The second-order valence-corrected chi connectivity index (χ2v) is 10.2. The first kappa shape index (κ1) is 25.2. The topological polar surface area (TPSA) is 78.5 Å². The molecule has 2 N–H and O–H groups in total. The molecule has 172 valence electrons. The van der Waals surface area contributed by atoms with Gasteiger partial charge in [-0.1, -0.05) is 31.4 Å². The van der Waals surface area contributed by atoms with Gasteiger partial charge >= 0.3 is 0 Å². The fourth-order valence-corrected chi connectivity index (χ4v) is 4.62. The number of benzene rings is 1. The summed E-state index contributed by atoms with van der Waals surface area (Å²) < 4.78 is 0. The van der Waals surface area contributed by atoms with Gasteiger partial charge in [0.05, 0.1) is 17.9 Å². The van der Waals surface area contributed by atoms with Crippen molar-refractivity contribution >= 4 is 29.5 Å². The van der Waals surface area contributed by atoms with Crippen LogP contribution in [0.1, 0.15) is 70.2 Å². The third-order valence-electron chi connectivity index (χ3n) is 5.31. The molecule has 0 atom stereocenters. The van der Waals surface area contributed by atoms with Crippen LogP contribution in [-0.4, -0.2) is 53.5 Å². The second-order valence-electron chi connectivity index (χ2n) is 9.21. The molecule has 3 amide bonds. The highest BCUT2D eigenvalue weighted by Crippen LogP contribution is 2.25. The molecule has 7 heteroatoms. The van der Waals surface area contributed by atoms with Crippen LogP contribution in [-0.2, 0) is 9.59 Å². The molecule has 0 heterocycles. The first-order valence-electron chi connectivity index (χ1n) is 11.3. The molecule has 0 radical (unpaired) electrons. The number of nitrogens with zero attached hydrogens (tertiary/aromatic N) is 1. The lowest BCUT2D eigenvalue weighted by Crippen LogP contribution is -2.47. The molecule has 1 aliphatic rings. The predicted octanol–water partition coefficient (Wildman–Crippen LogP) is 3.85. The van der Waals surface area contributed by atoms with E-state index in [1.54, 1.807) is 6.07 Å². The van der Waals surface area contributed by atoms with Gasteiger partial charge in [0.25, 0.3) is 5.91 Å². The van der Waals surface area contributed by atoms with Crippen molar-refractivity contribution in [1.82, 2.24) is 15.5 Å². The molecule has 0 bridgehead atoms. The van der Waals surface area contributed by atoms with Gasteiger partial charge in [-0.2, -0.15) is 0 Å². The van der Waals surface area contributed by atoms with Gasteiger partial charge in [0.15, 0.2) is 0 Å². The van der Waals surface area contributed by atoms with Crippen LogP contribution in [0.5, 0.6) is 0 Å². The second kappa shape index (κ2) is 12.1. The average molecular weight is 448 g/mol. The fraction of sp³-hybridized carbons (Fsp3) is 0.625. The normalized spacial score (nSPS) is 14.7. The Kier molecular flexibility index (Phi) is 9.88. The lowest BCUT2D eigenvalue weighted by atomic mass is 9.89. The number of likely N-dealkylation sites (N-methyl/N-ethyl adjacent to an activating group) is 1. The molecular formula is C24H37N3O3S. The Morgan fingerprint density at radius 1 is 1.06 bits per heavy atom. The first-order valence-corrected chi connectivity index (χ1v) is 12.3. The van der Waals surface area contributed by atoms with Gasteiger partial charge in [0, 0.05) is 23.5 Å². The monoisotopic (exact) mass is 447 g/mol. The van der Waals surface area contributed by atoms with Gasteiger partial charge in [-0.25, -0.2) is 0 Å². The highest BCUT2D eigenvalue weighted by Gasteiger charge is 2.22. The van der Waals surface area contributed by atoms with Crippen LogP contribution in [0, 0.1) is 5.92 Å². The van der Waals surface area contributed by atoms with Crippen LogP contribution in [0.2, 0.25) is 0 Å². The Morgan fingerprint density at radius 3 is 2.39 bits per heavy atom. The first-order chi connectivity index (χ1) is 14.7. The fourth-order valence-electron chi connectivity index (χ4n) is 3.74. The van der Waals surface area contributed by atoms with E-state index in [2.05, 4.69) is 10.6 Å². The zero-order valence-electron chi connectivity index (χ0n) is 19.3. The van der Waals surface area contributed by atoms with Crippen molar-refractivity contribution in [3.05, 3.63) is 29.8 Å². The summed E-state index contributed by atoms with van der Waals surface area (Å²) in [6.07, 6.45) is 6.21. The number of carbonyl (C=O) groups is 3. The highest BCUT2D eigenvalue weighted by atomic mass is 32.2. The zero-order chi connectivity index (χ0) is 22.9. The molecule has 1 aromatic rings. The zero-order valence-corrected chi connectivity index (χ0v) is 20.1. The molecule has 1 fully saturated rings. The van der Waals surface area contributed by atoms with E-state index in [-0.39, 0.29) is 35.6 Å². The van der Waals surface area contributed by atoms with Crippen molar-refractivity contribution in [2.24, 2.45) is 5.92 Å². The van der Waals surface area contributed by atoms with Crippen LogP contribution in [0.4, 0.5) is 0 Å². The summed E-state index contributed by atoms with van der Waals surface area (Å²) in [5.41, 5.74) is 0.177. The van der Waals surface area contributed by atoms with E-state index < -0.39 is 0 Å². The van der Waals surface area contributed by atoms with Crippen molar-refractivity contribution < 1.29 is 14.4 Å². The molecule has 0 spiro atoms. The van der Waals surface area contributed by atoms with Crippen LogP contribution in [0.25, 0.3) is 0 Å². The van der Waals surface area contributed by atoms with E-state index in [0.29, 0.717) is 18.0 Å². The number of rotatable bonds is 9.